The lowest BCUT2D eigenvalue weighted by molar-refractivity contribution is -0.113. The van der Waals surface area contributed by atoms with E-state index in [1.165, 1.54) is 0 Å². The van der Waals surface area contributed by atoms with Gasteiger partial charge in [0.05, 0.1) is 18.7 Å². The molecular weight excluding hydrogens is 354 g/mol. The molecule has 0 saturated carbocycles. The van der Waals surface area contributed by atoms with Gasteiger partial charge in [-0.1, -0.05) is 23.7 Å². The van der Waals surface area contributed by atoms with Crippen LogP contribution in [0.15, 0.2) is 59.8 Å². The van der Waals surface area contributed by atoms with Crippen LogP contribution in [0.5, 0.6) is 5.75 Å². The van der Waals surface area contributed by atoms with Crippen molar-refractivity contribution in [1.82, 2.24) is 10.6 Å². The molecule has 3 amide bonds. The molecule has 26 heavy (non-hydrogen) atoms. The average molecular weight is 372 g/mol. The number of hydrogen-bond acceptors (Lipinski definition) is 3. The van der Waals surface area contributed by atoms with E-state index >= 15 is 0 Å². The minimum absolute atomic E-state index is 0.305. The fourth-order valence-corrected chi connectivity index (χ4v) is 2.90. The van der Waals surface area contributed by atoms with E-state index in [4.69, 9.17) is 16.3 Å². The molecule has 7 heteroatoms. The van der Waals surface area contributed by atoms with E-state index < -0.39 is 6.04 Å². The smallest absolute Gasteiger partial charge is 0.319 e. The molecule has 0 aliphatic carbocycles. The van der Waals surface area contributed by atoms with Crippen LogP contribution in [0.25, 0.3) is 0 Å². The van der Waals surface area contributed by atoms with Crippen molar-refractivity contribution in [2.45, 2.75) is 13.0 Å². The van der Waals surface area contributed by atoms with Crippen molar-refractivity contribution < 1.29 is 14.3 Å². The summed E-state index contributed by atoms with van der Waals surface area (Å²) in [7, 11) is 1.58. The summed E-state index contributed by atoms with van der Waals surface area (Å²) in [5.41, 5.74) is 2.33. The minimum Gasteiger partial charge on any atom is -0.497 e. The topological polar surface area (TPSA) is 79.5 Å². The molecule has 1 aliphatic heterocycles. The molecule has 0 spiro atoms. The number of methoxy groups -OCH3 is 1. The SMILES string of the molecule is COc1ccc(NC(=O)C2=C(C)NC(=O)N[C@H]2c2ccc(Cl)cc2)cc1. The zero-order valence-corrected chi connectivity index (χ0v) is 15.1. The third kappa shape index (κ3) is 3.81. The van der Waals surface area contributed by atoms with Crippen LogP contribution in [-0.4, -0.2) is 19.0 Å². The van der Waals surface area contributed by atoms with Crippen molar-refractivity contribution in [2.75, 3.05) is 12.4 Å². The summed E-state index contributed by atoms with van der Waals surface area (Å²) < 4.78 is 5.11. The Kier molecular flexibility index (Phi) is 5.14. The summed E-state index contributed by atoms with van der Waals surface area (Å²) in [6, 6.07) is 13.1. The Bertz CT molecular complexity index is 861. The number of halogens is 1. The van der Waals surface area contributed by atoms with E-state index in [-0.39, 0.29) is 11.9 Å². The molecule has 0 bridgehead atoms. The van der Waals surface area contributed by atoms with Gasteiger partial charge in [0.15, 0.2) is 0 Å². The number of carbonyl (C=O) groups excluding carboxylic acids is 2. The number of benzene rings is 2. The lowest BCUT2D eigenvalue weighted by Gasteiger charge is -2.28. The van der Waals surface area contributed by atoms with Gasteiger partial charge in [-0.25, -0.2) is 4.79 Å². The Morgan fingerprint density at radius 1 is 1.12 bits per heavy atom. The molecule has 0 radical (unpaired) electrons. The van der Waals surface area contributed by atoms with Crippen molar-refractivity contribution in [3.05, 3.63) is 70.4 Å². The number of hydrogen-bond donors (Lipinski definition) is 3. The Labute approximate surface area is 156 Å². The normalized spacial score (nSPS) is 16.6. The highest BCUT2D eigenvalue weighted by Gasteiger charge is 2.31. The molecule has 2 aromatic carbocycles. The first-order valence-electron chi connectivity index (χ1n) is 7.97. The highest BCUT2D eigenvalue weighted by Crippen LogP contribution is 2.28. The summed E-state index contributed by atoms with van der Waals surface area (Å²) in [6.07, 6.45) is 0. The first-order valence-corrected chi connectivity index (χ1v) is 8.35. The van der Waals surface area contributed by atoms with Crippen molar-refractivity contribution in [1.29, 1.82) is 0 Å². The predicted molar refractivity (Wildman–Crippen MR) is 100 cm³/mol. The Hall–Kier alpha value is -2.99. The maximum absolute atomic E-state index is 12.9. The lowest BCUT2D eigenvalue weighted by atomic mass is 9.95. The summed E-state index contributed by atoms with van der Waals surface area (Å²) >= 11 is 5.94. The van der Waals surface area contributed by atoms with Crippen LogP contribution in [0.2, 0.25) is 5.02 Å². The minimum atomic E-state index is -0.570. The van der Waals surface area contributed by atoms with E-state index in [9.17, 15) is 9.59 Å². The lowest BCUT2D eigenvalue weighted by Crippen LogP contribution is -2.45. The Morgan fingerprint density at radius 2 is 1.77 bits per heavy atom. The highest BCUT2D eigenvalue weighted by molar-refractivity contribution is 6.30. The molecule has 1 heterocycles. The first kappa shape index (κ1) is 17.8. The van der Waals surface area contributed by atoms with E-state index in [0.717, 1.165) is 5.56 Å². The van der Waals surface area contributed by atoms with Gasteiger partial charge in [0.1, 0.15) is 5.75 Å². The van der Waals surface area contributed by atoms with E-state index in [1.807, 2.05) is 0 Å². The first-order chi connectivity index (χ1) is 12.5. The van der Waals surface area contributed by atoms with Crippen LogP contribution in [-0.2, 0) is 4.79 Å². The third-order valence-corrected chi connectivity index (χ3v) is 4.32. The van der Waals surface area contributed by atoms with Gasteiger partial charge in [-0.05, 0) is 48.9 Å². The average Bonchev–Trinajstić information content (AvgIpc) is 2.62. The van der Waals surface area contributed by atoms with Crippen LogP contribution in [0, 0.1) is 0 Å². The zero-order chi connectivity index (χ0) is 18.7. The monoisotopic (exact) mass is 371 g/mol. The van der Waals surface area contributed by atoms with Gasteiger partial charge >= 0.3 is 6.03 Å². The molecule has 6 nitrogen and oxygen atoms in total. The van der Waals surface area contributed by atoms with Gasteiger partial charge in [-0.2, -0.15) is 0 Å². The molecule has 0 saturated heterocycles. The van der Waals surface area contributed by atoms with E-state index in [2.05, 4.69) is 16.0 Å². The molecule has 3 rings (SSSR count). The molecule has 0 fully saturated rings. The molecule has 1 aliphatic rings. The molecular formula is C19H18ClN3O3. The fourth-order valence-electron chi connectivity index (χ4n) is 2.77. The Balaban J connectivity index is 1.89. The maximum atomic E-state index is 12.9. The number of allylic oxidation sites excluding steroid dienone is 1. The highest BCUT2D eigenvalue weighted by atomic mass is 35.5. The summed E-state index contributed by atoms with van der Waals surface area (Å²) in [5, 5.41) is 8.87. The van der Waals surface area contributed by atoms with E-state index in [0.29, 0.717) is 27.7 Å². The number of nitrogens with one attached hydrogen (secondary N) is 3. The van der Waals surface area contributed by atoms with Crippen molar-refractivity contribution in [2.24, 2.45) is 0 Å². The molecule has 0 aromatic heterocycles. The van der Waals surface area contributed by atoms with Crippen LogP contribution in [0.1, 0.15) is 18.5 Å². The number of rotatable bonds is 4. The van der Waals surface area contributed by atoms with Gasteiger partial charge in [-0.3, -0.25) is 4.79 Å². The molecule has 134 valence electrons. The van der Waals surface area contributed by atoms with Gasteiger partial charge in [0.2, 0.25) is 0 Å². The maximum Gasteiger partial charge on any atom is 0.319 e. The number of amides is 3. The molecule has 2 aromatic rings. The van der Waals surface area contributed by atoms with Crippen LogP contribution < -0.4 is 20.7 Å². The van der Waals surface area contributed by atoms with Crippen LogP contribution in [0.3, 0.4) is 0 Å². The summed E-state index contributed by atoms with van der Waals surface area (Å²) in [5.74, 6) is 0.393. The molecule has 3 N–H and O–H groups in total. The van der Waals surface area contributed by atoms with Gasteiger partial charge < -0.3 is 20.7 Å². The van der Waals surface area contributed by atoms with E-state index in [1.54, 1.807) is 62.6 Å². The zero-order valence-electron chi connectivity index (χ0n) is 14.3. The van der Waals surface area contributed by atoms with Crippen molar-refractivity contribution >= 4 is 29.2 Å². The second-order valence-electron chi connectivity index (χ2n) is 5.80. The van der Waals surface area contributed by atoms with Crippen LogP contribution in [0.4, 0.5) is 10.5 Å². The quantitative estimate of drug-likeness (QED) is 0.768. The van der Waals surface area contributed by atoms with Gasteiger partial charge in [0, 0.05) is 16.4 Å². The summed E-state index contributed by atoms with van der Waals surface area (Å²) in [6.45, 7) is 1.70. The second-order valence-corrected chi connectivity index (χ2v) is 6.24. The number of carbonyl (C=O) groups is 2. The van der Waals surface area contributed by atoms with Crippen LogP contribution >= 0.6 is 11.6 Å². The largest absolute Gasteiger partial charge is 0.497 e. The number of anilines is 1. The predicted octanol–water partition coefficient (Wildman–Crippen LogP) is 3.62. The fraction of sp³-hybridized carbons (Fsp3) is 0.158. The van der Waals surface area contributed by atoms with Gasteiger partial charge in [-0.15, -0.1) is 0 Å². The van der Waals surface area contributed by atoms with Crippen molar-refractivity contribution in [3.63, 3.8) is 0 Å². The third-order valence-electron chi connectivity index (χ3n) is 4.06. The molecule has 0 unspecified atom stereocenters. The Morgan fingerprint density at radius 3 is 2.38 bits per heavy atom. The standard InChI is InChI=1S/C19H18ClN3O3/c1-11-16(18(24)22-14-7-9-15(26-2)10-8-14)17(23-19(25)21-11)12-3-5-13(20)6-4-12/h3-10,17H,1-2H3,(H,22,24)(H2,21,23,25)/t17-/m0/s1. The molecule has 1 atom stereocenters. The number of urea groups is 1. The second kappa shape index (κ2) is 7.49. The number of ether oxygens (including phenoxy) is 1. The van der Waals surface area contributed by atoms with Gasteiger partial charge in [0.25, 0.3) is 5.91 Å². The van der Waals surface area contributed by atoms with Crippen molar-refractivity contribution in [3.8, 4) is 5.75 Å². The summed E-state index contributed by atoms with van der Waals surface area (Å²) in [4.78, 5) is 24.8.